The molecule has 0 spiro atoms. The molecule has 0 saturated heterocycles. The van der Waals surface area contributed by atoms with Crippen LogP contribution in [-0.4, -0.2) is 27.0 Å². The lowest BCUT2D eigenvalue weighted by Gasteiger charge is -2.20. The minimum atomic E-state index is -4.98. The quantitative estimate of drug-likeness (QED) is 0.555. The van der Waals surface area contributed by atoms with Gasteiger partial charge >= 0.3 is 12.1 Å². The Balaban J connectivity index is 2.24. The van der Waals surface area contributed by atoms with Crippen LogP contribution in [0.15, 0.2) is 29.2 Å². The van der Waals surface area contributed by atoms with Gasteiger partial charge in [0, 0.05) is 28.8 Å². The number of benzene rings is 2. The van der Waals surface area contributed by atoms with E-state index >= 15 is 0 Å². The van der Waals surface area contributed by atoms with Gasteiger partial charge in [0.15, 0.2) is 0 Å². The van der Waals surface area contributed by atoms with Crippen LogP contribution in [0.25, 0.3) is 10.8 Å². The Morgan fingerprint density at radius 1 is 1.20 bits per heavy atom. The monoisotopic (exact) mass is 411 g/mol. The molecule has 0 N–H and O–H groups in total. The van der Waals surface area contributed by atoms with E-state index in [-0.39, 0.29) is 29.4 Å². The summed E-state index contributed by atoms with van der Waals surface area (Å²) < 4.78 is 61.4. The minimum absolute atomic E-state index is 0.0659. The lowest BCUT2D eigenvalue weighted by Crippen LogP contribution is -2.40. The number of halogens is 5. The summed E-state index contributed by atoms with van der Waals surface area (Å²) in [5.41, 5.74) is 1.10. The van der Waals surface area contributed by atoms with Crippen LogP contribution in [0.1, 0.15) is 11.1 Å². The number of carbonyl (C=O) groups is 1. The number of fused-ring (bicyclic) bond motifs is 3. The van der Waals surface area contributed by atoms with E-state index in [1.807, 2.05) is 0 Å². The number of hydrogen-bond acceptors (Lipinski definition) is 3. The van der Waals surface area contributed by atoms with Crippen molar-refractivity contribution in [3.8, 4) is 0 Å². The molecule has 4 nitrogen and oxygen atoms in total. The number of alkyl halides is 4. The van der Waals surface area contributed by atoms with Gasteiger partial charge in [-0.3, -0.25) is 4.79 Å². The molecule has 0 radical (unpaired) electrons. The smallest absolute Gasteiger partial charge is 0.304 e. The molecule has 0 fully saturated rings. The highest BCUT2D eigenvalue weighted by molar-refractivity contribution is 8.13. The Labute approximate surface area is 150 Å². The molecule has 134 valence electrons. The highest BCUT2D eigenvalue weighted by Crippen LogP contribution is 2.39. The van der Waals surface area contributed by atoms with Crippen LogP contribution in [0.2, 0.25) is 0 Å². The van der Waals surface area contributed by atoms with Gasteiger partial charge in [0.05, 0.1) is 4.90 Å². The Morgan fingerprint density at radius 2 is 1.88 bits per heavy atom. The van der Waals surface area contributed by atoms with Crippen LogP contribution < -0.4 is 4.90 Å². The molecule has 0 saturated carbocycles. The van der Waals surface area contributed by atoms with Crippen LogP contribution in [-0.2, 0) is 26.1 Å². The van der Waals surface area contributed by atoms with Crippen molar-refractivity contribution in [1.29, 1.82) is 0 Å². The van der Waals surface area contributed by atoms with Crippen LogP contribution in [0.4, 0.5) is 18.9 Å². The molecule has 1 aliphatic heterocycles. The van der Waals surface area contributed by atoms with Gasteiger partial charge in [-0.05, 0) is 46.5 Å². The molecule has 1 amide bonds. The maximum atomic E-state index is 12.8. The molecule has 0 aliphatic carbocycles. The first kappa shape index (κ1) is 18.3. The predicted octanol–water partition coefficient (Wildman–Crippen LogP) is 3.96. The third kappa shape index (κ3) is 3.18. The normalized spacial score (nSPS) is 14.8. The maximum Gasteiger partial charge on any atom is 0.471 e. The Kier molecular flexibility index (Phi) is 4.41. The second kappa shape index (κ2) is 6.03. The van der Waals surface area contributed by atoms with Crippen LogP contribution >= 0.6 is 22.3 Å². The molecule has 0 aromatic heterocycles. The number of carbonyl (C=O) groups excluding carboxylic acids is 1. The summed E-state index contributed by atoms with van der Waals surface area (Å²) in [5, 5.41) is 1.03. The molecule has 0 unspecified atom stereocenters. The first-order chi connectivity index (χ1) is 11.5. The van der Waals surface area contributed by atoms with E-state index in [0.29, 0.717) is 26.8 Å². The van der Waals surface area contributed by atoms with E-state index in [1.54, 1.807) is 0 Å². The number of nitrogens with zero attached hydrogens (tertiary/aromatic N) is 1. The summed E-state index contributed by atoms with van der Waals surface area (Å²) in [5.74, 6) is -2.00. The van der Waals surface area contributed by atoms with E-state index in [4.69, 9.17) is 22.3 Å². The van der Waals surface area contributed by atoms with E-state index < -0.39 is 21.1 Å². The molecule has 10 heteroatoms. The van der Waals surface area contributed by atoms with Gasteiger partial charge in [-0.15, -0.1) is 11.6 Å². The van der Waals surface area contributed by atoms with Gasteiger partial charge in [-0.2, -0.15) is 13.2 Å². The molecule has 25 heavy (non-hydrogen) atoms. The molecule has 1 heterocycles. The minimum Gasteiger partial charge on any atom is -0.304 e. The SMILES string of the molecule is O=C(N1CCc2c1cc(CCl)c1cc(S(=O)(=O)Cl)ccc21)C(F)(F)F. The zero-order valence-corrected chi connectivity index (χ0v) is 14.7. The average Bonchev–Trinajstić information content (AvgIpc) is 2.94. The molecular formula is C15H10Cl2F3NO3S. The van der Waals surface area contributed by atoms with Gasteiger partial charge in [0.1, 0.15) is 0 Å². The zero-order chi connectivity index (χ0) is 18.6. The van der Waals surface area contributed by atoms with Crippen molar-refractivity contribution in [3.63, 3.8) is 0 Å². The second-order valence-corrected chi connectivity index (χ2v) is 8.35. The maximum absolute atomic E-state index is 12.8. The summed E-state index contributed by atoms with van der Waals surface area (Å²) in [6.45, 7) is -0.107. The van der Waals surface area contributed by atoms with Crippen LogP contribution in [0.3, 0.4) is 0 Å². The lowest BCUT2D eigenvalue weighted by atomic mass is 9.98. The molecule has 0 atom stereocenters. The fourth-order valence-corrected chi connectivity index (χ4v) is 3.99. The predicted molar refractivity (Wildman–Crippen MR) is 88.7 cm³/mol. The third-order valence-electron chi connectivity index (χ3n) is 4.07. The molecule has 2 aromatic rings. The fourth-order valence-electron chi connectivity index (χ4n) is 2.99. The second-order valence-electron chi connectivity index (χ2n) is 5.52. The fraction of sp³-hybridized carbons (Fsp3) is 0.267. The largest absolute Gasteiger partial charge is 0.471 e. The Bertz CT molecular complexity index is 990. The molecule has 1 aliphatic rings. The first-order valence-corrected chi connectivity index (χ1v) is 9.86. The van der Waals surface area contributed by atoms with Gasteiger partial charge < -0.3 is 4.90 Å². The summed E-state index contributed by atoms with van der Waals surface area (Å²) >= 11 is 5.88. The van der Waals surface area contributed by atoms with Crippen molar-refractivity contribution in [3.05, 3.63) is 35.4 Å². The highest BCUT2D eigenvalue weighted by atomic mass is 35.7. The Morgan fingerprint density at radius 3 is 2.44 bits per heavy atom. The third-order valence-corrected chi connectivity index (χ3v) is 5.71. The number of amides is 1. The summed E-state index contributed by atoms with van der Waals surface area (Å²) in [6, 6.07) is 5.48. The standard InChI is InChI=1S/C15H10Cl2F3NO3S/c16-7-8-5-13-11(3-4-21(13)14(22)15(18,19)20)10-2-1-9(6-12(8)10)25(17,23)24/h1-2,5-6H,3-4,7H2. The van der Waals surface area contributed by atoms with Crippen molar-refractivity contribution in [2.75, 3.05) is 11.4 Å². The van der Waals surface area contributed by atoms with Gasteiger partial charge in [0.25, 0.3) is 9.05 Å². The van der Waals surface area contributed by atoms with Gasteiger partial charge in [-0.25, -0.2) is 8.42 Å². The van der Waals surface area contributed by atoms with Crippen molar-refractivity contribution in [2.24, 2.45) is 0 Å². The molecule has 0 bridgehead atoms. The summed E-state index contributed by atoms with van der Waals surface area (Å²) in [4.78, 5) is 12.2. The summed E-state index contributed by atoms with van der Waals surface area (Å²) in [7, 11) is 1.39. The van der Waals surface area contributed by atoms with E-state index in [2.05, 4.69) is 0 Å². The van der Waals surface area contributed by atoms with E-state index in [9.17, 15) is 26.4 Å². The zero-order valence-electron chi connectivity index (χ0n) is 12.4. The molecule has 2 aromatic carbocycles. The van der Waals surface area contributed by atoms with Crippen LogP contribution in [0.5, 0.6) is 0 Å². The van der Waals surface area contributed by atoms with Gasteiger partial charge in [0.2, 0.25) is 0 Å². The lowest BCUT2D eigenvalue weighted by molar-refractivity contribution is -0.170. The number of hydrogen-bond donors (Lipinski definition) is 0. The van der Waals surface area contributed by atoms with Crippen LogP contribution in [0, 0.1) is 0 Å². The van der Waals surface area contributed by atoms with E-state index in [1.165, 1.54) is 24.3 Å². The number of anilines is 1. The number of rotatable bonds is 2. The van der Waals surface area contributed by atoms with Crippen molar-refractivity contribution in [2.45, 2.75) is 23.4 Å². The summed E-state index contributed by atoms with van der Waals surface area (Å²) in [6.07, 6.45) is -4.75. The average molecular weight is 412 g/mol. The topological polar surface area (TPSA) is 54.5 Å². The molecule has 3 rings (SSSR count). The van der Waals surface area contributed by atoms with Crippen molar-refractivity contribution < 1.29 is 26.4 Å². The van der Waals surface area contributed by atoms with E-state index in [0.717, 1.165) is 0 Å². The Hall–Kier alpha value is -1.51. The van der Waals surface area contributed by atoms with Crippen molar-refractivity contribution >= 4 is 53.7 Å². The highest BCUT2D eigenvalue weighted by Gasteiger charge is 2.45. The molecular weight excluding hydrogens is 402 g/mol. The van der Waals surface area contributed by atoms with Crippen molar-refractivity contribution in [1.82, 2.24) is 0 Å². The first-order valence-electron chi connectivity index (χ1n) is 7.02. The van der Waals surface area contributed by atoms with Gasteiger partial charge in [-0.1, -0.05) is 6.07 Å².